The Bertz CT molecular complexity index is 605. The van der Waals surface area contributed by atoms with Crippen LogP contribution >= 0.6 is 38.9 Å². The fourth-order valence-corrected chi connectivity index (χ4v) is 4.27. The summed E-state index contributed by atoms with van der Waals surface area (Å²) >= 11 is 11.5. The maximum Gasteiger partial charge on any atom is 0.115 e. The molecule has 3 rings (SSSR count). The van der Waals surface area contributed by atoms with Crippen LogP contribution in [-0.2, 0) is 12.8 Å². The van der Waals surface area contributed by atoms with Gasteiger partial charge in [-0.25, -0.2) is 4.98 Å². The summed E-state index contributed by atoms with van der Waals surface area (Å²) in [5, 5.41) is 5.43. The Morgan fingerprint density at radius 1 is 1.45 bits per heavy atom. The van der Waals surface area contributed by atoms with Crippen LogP contribution in [-0.4, -0.2) is 11.5 Å². The molecule has 1 heterocycles. The summed E-state index contributed by atoms with van der Waals surface area (Å²) in [7, 11) is 0. The van der Waals surface area contributed by atoms with E-state index >= 15 is 0 Å². The maximum atomic E-state index is 6.23. The molecule has 2 aromatic rings. The molecule has 0 saturated carbocycles. The first-order valence-corrected chi connectivity index (χ1v) is 8.84. The number of hydrogen-bond acceptors (Lipinski definition) is 3. The molecule has 106 valence electrons. The molecule has 0 bridgehead atoms. The molecule has 1 aliphatic carbocycles. The Hall–Kier alpha value is -0.420. The van der Waals surface area contributed by atoms with Gasteiger partial charge in [0.1, 0.15) is 5.01 Å². The summed E-state index contributed by atoms with van der Waals surface area (Å²) in [4.78, 5) is 6.30. The molecule has 0 aliphatic heterocycles. The summed E-state index contributed by atoms with van der Waals surface area (Å²) in [6.45, 7) is 3.03. The van der Waals surface area contributed by atoms with Crippen molar-refractivity contribution in [3.8, 4) is 0 Å². The van der Waals surface area contributed by atoms with Gasteiger partial charge in [0, 0.05) is 9.35 Å². The number of nitrogens with zero attached hydrogens (tertiary/aromatic N) is 1. The summed E-state index contributed by atoms with van der Waals surface area (Å²) < 4.78 is 0.930. The quantitative estimate of drug-likeness (QED) is 0.839. The zero-order chi connectivity index (χ0) is 14.1. The highest BCUT2D eigenvalue weighted by molar-refractivity contribution is 9.10. The molecule has 2 nitrogen and oxygen atoms in total. The highest BCUT2D eigenvalue weighted by Gasteiger charge is 2.23. The van der Waals surface area contributed by atoms with Crippen molar-refractivity contribution >= 4 is 38.9 Å². The molecular formula is C15H16BrClN2S. The van der Waals surface area contributed by atoms with E-state index < -0.39 is 0 Å². The zero-order valence-electron chi connectivity index (χ0n) is 11.2. The van der Waals surface area contributed by atoms with E-state index in [1.54, 1.807) is 0 Å². The van der Waals surface area contributed by atoms with Gasteiger partial charge in [0.25, 0.3) is 0 Å². The van der Waals surface area contributed by atoms with Gasteiger partial charge in [0.05, 0.1) is 16.8 Å². The lowest BCUT2D eigenvalue weighted by Gasteiger charge is -2.16. The van der Waals surface area contributed by atoms with Crippen molar-refractivity contribution in [3.63, 3.8) is 0 Å². The normalized spacial score (nSPS) is 15.3. The summed E-state index contributed by atoms with van der Waals surface area (Å²) in [5.41, 5.74) is 2.48. The lowest BCUT2D eigenvalue weighted by Crippen LogP contribution is -2.22. The van der Waals surface area contributed by atoms with Gasteiger partial charge >= 0.3 is 0 Å². The third kappa shape index (κ3) is 2.80. The smallest absolute Gasteiger partial charge is 0.115 e. The molecule has 1 aromatic carbocycles. The van der Waals surface area contributed by atoms with E-state index in [4.69, 9.17) is 16.6 Å². The van der Waals surface area contributed by atoms with Crippen LogP contribution in [0.15, 0.2) is 22.7 Å². The highest BCUT2D eigenvalue weighted by atomic mass is 79.9. The first-order chi connectivity index (χ1) is 9.69. The van der Waals surface area contributed by atoms with Gasteiger partial charge in [-0.3, -0.25) is 0 Å². The van der Waals surface area contributed by atoms with E-state index in [1.165, 1.54) is 29.0 Å². The van der Waals surface area contributed by atoms with Gasteiger partial charge in [0.15, 0.2) is 0 Å². The molecule has 0 amide bonds. The second-order valence-corrected chi connectivity index (χ2v) is 7.32. The SMILES string of the molecule is CCNC(c1ccc(Br)c(Cl)c1)c1nc2c(s1)CCC2. The molecule has 0 spiro atoms. The monoisotopic (exact) mass is 370 g/mol. The number of halogens is 2. The van der Waals surface area contributed by atoms with Crippen LogP contribution in [0.25, 0.3) is 0 Å². The minimum Gasteiger partial charge on any atom is -0.305 e. The number of benzene rings is 1. The Morgan fingerprint density at radius 2 is 2.30 bits per heavy atom. The first-order valence-electron chi connectivity index (χ1n) is 6.86. The number of rotatable bonds is 4. The van der Waals surface area contributed by atoms with Crippen LogP contribution in [0.4, 0.5) is 0 Å². The van der Waals surface area contributed by atoms with E-state index in [0.717, 1.165) is 27.5 Å². The fraction of sp³-hybridized carbons (Fsp3) is 0.400. The number of fused-ring (bicyclic) bond motifs is 1. The van der Waals surface area contributed by atoms with Gasteiger partial charge in [-0.15, -0.1) is 11.3 Å². The van der Waals surface area contributed by atoms with Crippen molar-refractivity contribution in [2.24, 2.45) is 0 Å². The van der Waals surface area contributed by atoms with Crippen LogP contribution in [0.3, 0.4) is 0 Å². The predicted octanol–water partition coefficient (Wildman–Crippen LogP) is 4.75. The Labute approximate surface area is 136 Å². The Morgan fingerprint density at radius 3 is 3.00 bits per heavy atom. The summed E-state index contributed by atoms with van der Waals surface area (Å²) in [5.74, 6) is 0. The number of aromatic nitrogens is 1. The van der Waals surface area contributed by atoms with Gasteiger partial charge in [-0.2, -0.15) is 0 Å². The van der Waals surface area contributed by atoms with Crippen LogP contribution < -0.4 is 5.32 Å². The second kappa shape index (κ2) is 6.14. The Balaban J connectivity index is 1.96. The average Bonchev–Trinajstić information content (AvgIpc) is 3.00. The first kappa shape index (κ1) is 14.5. The van der Waals surface area contributed by atoms with E-state index in [1.807, 2.05) is 23.5 Å². The fourth-order valence-electron chi connectivity index (χ4n) is 2.58. The van der Waals surface area contributed by atoms with Gasteiger partial charge in [-0.05, 0) is 59.4 Å². The van der Waals surface area contributed by atoms with Crippen LogP contribution in [0.2, 0.25) is 5.02 Å². The van der Waals surface area contributed by atoms with Crippen LogP contribution in [0.5, 0.6) is 0 Å². The summed E-state index contributed by atoms with van der Waals surface area (Å²) in [6, 6.07) is 6.27. The molecule has 1 atom stereocenters. The minimum absolute atomic E-state index is 0.140. The van der Waals surface area contributed by atoms with E-state index in [9.17, 15) is 0 Å². The highest BCUT2D eigenvalue weighted by Crippen LogP contribution is 2.35. The third-order valence-corrected chi connectivity index (χ3v) is 6.00. The van der Waals surface area contributed by atoms with Crippen molar-refractivity contribution < 1.29 is 0 Å². The number of aryl methyl sites for hydroxylation is 2. The van der Waals surface area contributed by atoms with Gasteiger partial charge in [0.2, 0.25) is 0 Å². The van der Waals surface area contributed by atoms with Crippen molar-refractivity contribution in [2.45, 2.75) is 32.2 Å². The lowest BCUT2D eigenvalue weighted by molar-refractivity contribution is 0.625. The van der Waals surface area contributed by atoms with Crippen molar-refractivity contribution in [2.75, 3.05) is 6.54 Å². The maximum absolute atomic E-state index is 6.23. The zero-order valence-corrected chi connectivity index (χ0v) is 14.4. The minimum atomic E-state index is 0.140. The molecule has 0 saturated heterocycles. The van der Waals surface area contributed by atoms with Gasteiger partial charge < -0.3 is 5.32 Å². The summed E-state index contributed by atoms with van der Waals surface area (Å²) in [6.07, 6.45) is 3.57. The number of nitrogens with one attached hydrogen (secondary N) is 1. The largest absolute Gasteiger partial charge is 0.305 e. The molecule has 1 unspecified atom stereocenters. The molecular weight excluding hydrogens is 356 g/mol. The van der Waals surface area contributed by atoms with Crippen molar-refractivity contribution in [3.05, 3.63) is 48.8 Å². The molecule has 0 fully saturated rings. The Kier molecular flexibility index (Phi) is 4.46. The third-order valence-electron chi connectivity index (χ3n) is 3.54. The molecule has 1 N–H and O–H groups in total. The van der Waals surface area contributed by atoms with E-state index in [2.05, 4.69) is 34.2 Å². The molecule has 1 aliphatic rings. The van der Waals surface area contributed by atoms with Crippen molar-refractivity contribution in [1.82, 2.24) is 10.3 Å². The number of hydrogen-bond donors (Lipinski definition) is 1. The van der Waals surface area contributed by atoms with E-state index in [0.29, 0.717) is 0 Å². The lowest BCUT2D eigenvalue weighted by atomic mass is 10.1. The topological polar surface area (TPSA) is 24.9 Å². The molecule has 0 radical (unpaired) electrons. The van der Waals surface area contributed by atoms with Crippen LogP contribution in [0.1, 0.15) is 40.5 Å². The molecule has 1 aromatic heterocycles. The molecule has 5 heteroatoms. The van der Waals surface area contributed by atoms with Gasteiger partial charge in [-0.1, -0.05) is 24.6 Å². The van der Waals surface area contributed by atoms with Crippen molar-refractivity contribution in [1.29, 1.82) is 0 Å². The standard InChI is InChI=1S/C15H16BrClN2S/c1-2-18-14(9-6-7-10(16)11(17)8-9)15-19-12-4-3-5-13(12)20-15/h6-8,14,18H,2-5H2,1H3. The van der Waals surface area contributed by atoms with Crippen LogP contribution in [0, 0.1) is 0 Å². The molecule has 20 heavy (non-hydrogen) atoms. The average molecular weight is 372 g/mol. The predicted molar refractivity (Wildman–Crippen MR) is 88.8 cm³/mol. The number of thiazole rings is 1. The second-order valence-electron chi connectivity index (χ2n) is 4.94. The van der Waals surface area contributed by atoms with E-state index in [-0.39, 0.29) is 6.04 Å².